The van der Waals surface area contributed by atoms with Crippen molar-refractivity contribution < 1.29 is 29.6 Å². The molecule has 1 heterocycles. The van der Waals surface area contributed by atoms with Crippen LogP contribution in [0.15, 0.2) is 66.7 Å². The number of rotatable bonds is 8. The third-order valence-electron chi connectivity index (χ3n) is 9.01. The molecule has 0 bridgehead atoms. The predicted octanol–water partition coefficient (Wildman–Crippen LogP) is 6.95. The van der Waals surface area contributed by atoms with Crippen molar-refractivity contribution in [2.24, 2.45) is 0 Å². The van der Waals surface area contributed by atoms with E-state index >= 15 is 0 Å². The summed E-state index contributed by atoms with van der Waals surface area (Å²) in [6.07, 6.45) is -0.278. The monoisotopic (exact) mass is 838 g/mol. The van der Waals surface area contributed by atoms with E-state index < -0.39 is 0 Å². The van der Waals surface area contributed by atoms with Crippen LogP contribution in [0.25, 0.3) is 22.3 Å². The average molecular weight is 839 g/mol. The molecule has 49 heavy (non-hydrogen) atoms. The fourth-order valence-electron chi connectivity index (χ4n) is 7.39. The van der Waals surface area contributed by atoms with Crippen LogP contribution in [-0.2, 0) is 19.4 Å². The number of aryl methyl sites for hydroxylation is 6. The van der Waals surface area contributed by atoms with E-state index in [1.54, 1.807) is 13.8 Å². The molecule has 1 aliphatic heterocycles. The summed E-state index contributed by atoms with van der Waals surface area (Å²) in [6.45, 7) is 16.7. The van der Waals surface area contributed by atoms with E-state index in [-0.39, 0.29) is 26.0 Å². The molecule has 5 rings (SSSR count). The normalized spacial score (nSPS) is 14.5. The Balaban J connectivity index is 0.000000698. The van der Waals surface area contributed by atoms with Crippen molar-refractivity contribution in [3.05, 3.63) is 106 Å². The van der Waals surface area contributed by atoms with E-state index in [1.165, 1.54) is 61.3 Å². The maximum atomic E-state index is 8.56. The van der Waals surface area contributed by atoms with Crippen LogP contribution in [0.5, 0.6) is 0 Å². The van der Waals surface area contributed by atoms with Crippen molar-refractivity contribution in [2.75, 3.05) is 37.8 Å². The summed E-state index contributed by atoms with van der Waals surface area (Å²) < 4.78 is 1.16. The van der Waals surface area contributed by atoms with E-state index in [0.717, 1.165) is 9.83 Å². The third-order valence-corrected chi connectivity index (χ3v) is 10.1. The fraction of sp³-hybridized carbons (Fsp3) is 0.375. The summed E-state index contributed by atoms with van der Waals surface area (Å²) in [5, 5.41) is 17.1. The summed E-state index contributed by atoms with van der Waals surface area (Å²) in [4.78, 5) is 9.59. The zero-order valence-corrected chi connectivity index (χ0v) is 33.6. The van der Waals surface area contributed by atoms with Crippen molar-refractivity contribution in [1.29, 1.82) is 0 Å². The molecular weight excluding hydrogens is 785 g/mol. The van der Waals surface area contributed by atoms with Gasteiger partial charge < -0.3 is 10.2 Å². The first-order valence-electron chi connectivity index (χ1n) is 17.1. The van der Waals surface area contributed by atoms with Crippen LogP contribution in [0.4, 0.5) is 11.4 Å². The van der Waals surface area contributed by atoms with Gasteiger partial charge in [-0.2, -0.15) is 0 Å². The van der Waals surface area contributed by atoms with Gasteiger partial charge in [-0.1, -0.05) is 0 Å². The van der Waals surface area contributed by atoms with E-state index in [4.69, 9.17) is 10.2 Å². The van der Waals surface area contributed by atoms with Gasteiger partial charge in [-0.15, -0.1) is 0 Å². The second kappa shape index (κ2) is 16.4. The zero-order valence-electron chi connectivity index (χ0n) is 31.4. The van der Waals surface area contributed by atoms with Crippen LogP contribution in [0.2, 0.25) is 0 Å². The molecule has 4 aromatic carbocycles. The van der Waals surface area contributed by atoms with Gasteiger partial charge in [0.15, 0.2) is 0 Å². The van der Waals surface area contributed by atoms with Gasteiger partial charge in [0.2, 0.25) is 0 Å². The molecule has 9 heteroatoms. The molecular formula is C40H53B2N4O2Pt-. The van der Waals surface area contributed by atoms with Gasteiger partial charge in [0, 0.05) is 0 Å². The Bertz CT molecular complexity index is 1620. The molecule has 6 nitrogen and oxygen atoms in total. The van der Waals surface area contributed by atoms with Crippen molar-refractivity contribution in [3.63, 3.8) is 0 Å². The molecule has 1 aliphatic rings. The number of hydrogen-bond donors (Lipinski definition) is 2. The van der Waals surface area contributed by atoms with Crippen molar-refractivity contribution in [1.82, 2.24) is 9.62 Å². The topological polar surface area (TPSA) is 53.4 Å². The second-order valence-electron chi connectivity index (χ2n) is 14.2. The van der Waals surface area contributed by atoms with Gasteiger partial charge >= 0.3 is 266 Å². The van der Waals surface area contributed by atoms with Crippen LogP contribution in [-0.4, -0.2) is 78.1 Å². The average Bonchev–Trinajstić information content (AvgIpc) is 3.29. The molecule has 4 aromatic rings. The second-order valence-corrected chi connectivity index (χ2v) is 15.2. The Morgan fingerprint density at radius 3 is 1.55 bits per heavy atom. The molecule has 1 saturated heterocycles. The first-order chi connectivity index (χ1) is 23.0. The Labute approximate surface area is 307 Å². The zero-order chi connectivity index (χ0) is 36.3. The number of hydrogen-bond acceptors (Lipinski definition) is 6. The van der Waals surface area contributed by atoms with Gasteiger partial charge in [-0.05, 0) is 20.3 Å². The molecule has 262 valence electrons. The Kier molecular flexibility index (Phi) is 13.0. The van der Waals surface area contributed by atoms with Crippen LogP contribution < -0.4 is 9.62 Å². The van der Waals surface area contributed by atoms with Crippen LogP contribution in [0, 0.1) is 47.6 Å². The first-order valence-corrected chi connectivity index (χ1v) is 18.2. The van der Waals surface area contributed by atoms with E-state index in [1.807, 2.05) is 0 Å². The number of anilines is 2. The Morgan fingerprint density at radius 2 is 1.12 bits per heavy atom. The SMILES string of the molecule is CC(O)CC(C)O.Cc1cc(C)c(-c2cc[c-]c(N3B(N(C)C)B(N(C)C)N(c4cccc(-c5c(C)cc(C)cc5C)c4)[C]3=[Pt])c2)c(C)c1. The van der Waals surface area contributed by atoms with Crippen molar-refractivity contribution >= 4 is 29.3 Å². The summed E-state index contributed by atoms with van der Waals surface area (Å²) in [6, 6.07) is 28.4. The molecule has 1 fully saturated rings. The van der Waals surface area contributed by atoms with E-state index in [9.17, 15) is 0 Å². The maximum absolute atomic E-state index is 8.56. The quantitative estimate of drug-likeness (QED) is 0.148. The van der Waals surface area contributed by atoms with Crippen molar-refractivity contribution in [2.45, 2.75) is 74.0 Å². The molecule has 0 amide bonds. The molecule has 2 atom stereocenters. The fourth-order valence-corrected chi connectivity index (χ4v) is 8.56. The van der Waals surface area contributed by atoms with E-state index in [2.05, 4.69) is 181 Å². The number of aliphatic hydroxyl groups is 2. The van der Waals surface area contributed by atoms with Gasteiger partial charge in [0.1, 0.15) is 0 Å². The van der Waals surface area contributed by atoms with Crippen LogP contribution in [0.3, 0.4) is 0 Å². The molecule has 0 aliphatic carbocycles. The number of nitrogens with zero attached hydrogens (tertiary/aromatic N) is 4. The van der Waals surface area contributed by atoms with Crippen LogP contribution >= 0.6 is 0 Å². The molecule has 2 N–H and O–H groups in total. The van der Waals surface area contributed by atoms with Crippen LogP contribution in [0.1, 0.15) is 53.6 Å². The predicted molar refractivity (Wildman–Crippen MR) is 208 cm³/mol. The van der Waals surface area contributed by atoms with Gasteiger partial charge in [0.25, 0.3) is 0 Å². The molecule has 0 spiro atoms. The number of benzene rings is 4. The van der Waals surface area contributed by atoms with Crippen molar-refractivity contribution in [3.8, 4) is 22.3 Å². The van der Waals surface area contributed by atoms with Gasteiger partial charge in [-0.3, -0.25) is 0 Å². The third kappa shape index (κ3) is 8.85. The van der Waals surface area contributed by atoms with E-state index in [0.29, 0.717) is 6.42 Å². The Morgan fingerprint density at radius 1 is 0.673 bits per heavy atom. The van der Waals surface area contributed by atoms with Gasteiger partial charge in [-0.25, -0.2) is 0 Å². The standard InChI is InChI=1S/C35H41B2N4.C5H12O2.Pt/c1-24-17-26(3)34(27(4)18-24)30-13-11-15-32(21-30)40-23-41(37(39(9)10)36(40)38(7)8)33-16-12-14-31(22-33)35-28(5)19-25(2)20-29(35)6;1-4(6)3-5(2)7;/h11-15,17-22H,1-10H3;4-7H,3H2,1-2H3;/q-1;;. The molecule has 0 saturated carbocycles. The summed E-state index contributed by atoms with van der Waals surface area (Å²) in [7, 11) is 8.71. The van der Waals surface area contributed by atoms with Gasteiger partial charge in [0.05, 0.1) is 12.2 Å². The minimum absolute atomic E-state index is 0.0747. The molecule has 0 radical (unpaired) electrons. The number of aliphatic hydroxyl groups excluding tert-OH is 2. The Hall–Kier alpha value is -2.99. The summed E-state index contributed by atoms with van der Waals surface area (Å²) in [5.74, 6) is 0. The first kappa shape index (κ1) is 38.8. The molecule has 0 aromatic heterocycles. The molecule has 2 unspecified atom stereocenters. The minimum atomic E-state index is -0.375. The summed E-state index contributed by atoms with van der Waals surface area (Å²) in [5.41, 5.74) is 15.2. The summed E-state index contributed by atoms with van der Waals surface area (Å²) >= 11 is 2.52.